The molecule has 0 unspecified atom stereocenters. The van der Waals surface area contributed by atoms with Crippen LogP contribution < -0.4 is 5.73 Å². The van der Waals surface area contributed by atoms with Crippen molar-refractivity contribution < 1.29 is 0 Å². The molecule has 2 rings (SSSR count). The summed E-state index contributed by atoms with van der Waals surface area (Å²) in [6.07, 6.45) is 3.54. The number of aromatic nitrogens is 3. The fourth-order valence-electron chi connectivity index (χ4n) is 1.78. The number of anilines is 1. The summed E-state index contributed by atoms with van der Waals surface area (Å²) in [5, 5.41) is 0. The number of nitrogens with zero attached hydrogens (tertiary/aromatic N) is 3. The zero-order valence-electron chi connectivity index (χ0n) is 11.5. The first-order valence-corrected chi connectivity index (χ1v) is 7.13. The van der Waals surface area contributed by atoms with Gasteiger partial charge in [-0.1, -0.05) is 20.8 Å². The Morgan fingerprint density at radius 2 is 1.89 bits per heavy atom. The van der Waals surface area contributed by atoms with E-state index in [1.165, 1.54) is 0 Å². The molecule has 0 atom stereocenters. The average molecular weight is 368 g/mol. The van der Waals surface area contributed by atoms with E-state index >= 15 is 0 Å². The van der Waals surface area contributed by atoms with Crippen LogP contribution in [-0.4, -0.2) is 15.0 Å². The van der Waals surface area contributed by atoms with Crippen LogP contribution in [0.2, 0.25) is 0 Å². The van der Waals surface area contributed by atoms with Crippen LogP contribution in [0.4, 0.5) is 5.82 Å². The van der Waals surface area contributed by atoms with Crippen LogP contribution in [-0.2, 0) is 5.41 Å². The van der Waals surface area contributed by atoms with E-state index in [1.807, 2.05) is 13.0 Å². The summed E-state index contributed by atoms with van der Waals surface area (Å²) in [5.41, 5.74) is 8.95. The van der Waals surface area contributed by atoms with E-state index in [1.54, 1.807) is 12.4 Å². The Morgan fingerprint density at radius 3 is 2.47 bits per heavy atom. The second-order valence-corrected chi connectivity index (χ2v) is 6.61. The topological polar surface area (TPSA) is 64.7 Å². The van der Waals surface area contributed by atoms with Crippen molar-refractivity contribution in [2.75, 3.05) is 5.73 Å². The highest BCUT2D eigenvalue weighted by Crippen LogP contribution is 2.30. The minimum Gasteiger partial charge on any atom is -0.383 e. The number of nitrogens with two attached hydrogens (primary N) is 1. The third kappa shape index (κ3) is 2.86. The average Bonchev–Trinajstić information content (AvgIpc) is 2.31. The number of rotatable bonds is 1. The minimum atomic E-state index is -0.0710. The maximum absolute atomic E-state index is 6.03. The van der Waals surface area contributed by atoms with Gasteiger partial charge < -0.3 is 5.73 Å². The minimum absolute atomic E-state index is 0.0710. The molecule has 0 radical (unpaired) electrons. The zero-order valence-corrected chi connectivity index (χ0v) is 13.7. The maximum Gasteiger partial charge on any atom is 0.163 e. The first kappa shape index (κ1) is 14.2. The van der Waals surface area contributed by atoms with Crippen LogP contribution in [0.5, 0.6) is 0 Å². The van der Waals surface area contributed by atoms with Gasteiger partial charge >= 0.3 is 0 Å². The number of halogens is 1. The van der Waals surface area contributed by atoms with Crippen molar-refractivity contribution in [3.8, 4) is 11.4 Å². The van der Waals surface area contributed by atoms with Gasteiger partial charge in [-0.25, -0.2) is 9.97 Å². The summed E-state index contributed by atoms with van der Waals surface area (Å²) in [7, 11) is 0. The quantitative estimate of drug-likeness (QED) is 0.785. The van der Waals surface area contributed by atoms with Gasteiger partial charge in [0.15, 0.2) is 5.82 Å². The zero-order chi connectivity index (χ0) is 14.2. The Balaban J connectivity index is 2.68. The lowest BCUT2D eigenvalue weighted by Gasteiger charge is -2.21. The maximum atomic E-state index is 6.03. The van der Waals surface area contributed by atoms with Crippen molar-refractivity contribution >= 4 is 28.4 Å². The van der Waals surface area contributed by atoms with Crippen molar-refractivity contribution in [3.05, 3.63) is 33.3 Å². The number of hydrogen-bond acceptors (Lipinski definition) is 4. The molecule has 100 valence electrons. The van der Waals surface area contributed by atoms with E-state index in [0.717, 1.165) is 20.4 Å². The third-order valence-corrected chi connectivity index (χ3v) is 3.93. The molecule has 0 aliphatic carbocycles. The van der Waals surface area contributed by atoms with E-state index < -0.39 is 0 Å². The molecular weight excluding hydrogens is 351 g/mol. The fraction of sp³-hybridized carbons (Fsp3) is 0.357. The summed E-state index contributed by atoms with van der Waals surface area (Å²) >= 11 is 2.21. The third-order valence-electron chi connectivity index (χ3n) is 2.87. The van der Waals surface area contributed by atoms with E-state index in [2.05, 4.69) is 53.3 Å². The monoisotopic (exact) mass is 368 g/mol. The molecular formula is C14H17IN4. The van der Waals surface area contributed by atoms with Gasteiger partial charge in [-0.2, -0.15) is 0 Å². The molecule has 19 heavy (non-hydrogen) atoms. The number of pyridine rings is 1. The van der Waals surface area contributed by atoms with Crippen LogP contribution in [0, 0.1) is 10.5 Å². The smallest absolute Gasteiger partial charge is 0.163 e. The molecule has 0 bridgehead atoms. The number of aryl methyl sites for hydroxylation is 1. The second kappa shape index (κ2) is 5.03. The molecule has 2 N–H and O–H groups in total. The summed E-state index contributed by atoms with van der Waals surface area (Å²) in [6, 6.07) is 1.95. The van der Waals surface area contributed by atoms with Crippen LogP contribution >= 0.6 is 22.6 Å². The van der Waals surface area contributed by atoms with E-state index in [-0.39, 0.29) is 5.41 Å². The van der Waals surface area contributed by atoms with Gasteiger partial charge in [-0.3, -0.25) is 4.98 Å². The lowest BCUT2D eigenvalue weighted by molar-refractivity contribution is 0.564. The molecule has 0 aromatic carbocycles. The van der Waals surface area contributed by atoms with Crippen molar-refractivity contribution in [1.82, 2.24) is 15.0 Å². The predicted octanol–water partition coefficient (Wildman–Crippen LogP) is 3.33. The summed E-state index contributed by atoms with van der Waals surface area (Å²) in [5.74, 6) is 1.17. The van der Waals surface area contributed by atoms with Gasteiger partial charge in [-0.05, 0) is 41.1 Å². The first-order chi connectivity index (χ1) is 8.80. The number of hydrogen-bond donors (Lipinski definition) is 1. The van der Waals surface area contributed by atoms with E-state index in [0.29, 0.717) is 11.6 Å². The molecule has 0 aliphatic rings. The Morgan fingerprint density at radius 1 is 1.21 bits per heavy atom. The normalized spacial score (nSPS) is 11.6. The molecule has 2 aromatic rings. The van der Waals surface area contributed by atoms with Gasteiger partial charge in [0.1, 0.15) is 5.82 Å². The van der Waals surface area contributed by atoms with Gasteiger partial charge in [0.25, 0.3) is 0 Å². The lowest BCUT2D eigenvalue weighted by atomic mass is 9.91. The highest BCUT2D eigenvalue weighted by molar-refractivity contribution is 14.1. The van der Waals surface area contributed by atoms with Gasteiger partial charge in [0.05, 0.1) is 9.26 Å². The van der Waals surface area contributed by atoms with Crippen LogP contribution in [0.15, 0.2) is 18.5 Å². The van der Waals surface area contributed by atoms with Crippen LogP contribution in [0.1, 0.15) is 32.0 Å². The van der Waals surface area contributed by atoms with Gasteiger partial charge in [0, 0.05) is 23.4 Å². The van der Waals surface area contributed by atoms with Crippen molar-refractivity contribution in [3.63, 3.8) is 0 Å². The predicted molar refractivity (Wildman–Crippen MR) is 85.8 cm³/mol. The van der Waals surface area contributed by atoms with Crippen LogP contribution in [0.25, 0.3) is 11.4 Å². The van der Waals surface area contributed by atoms with Crippen molar-refractivity contribution in [2.24, 2.45) is 0 Å². The molecule has 0 spiro atoms. The molecule has 2 aromatic heterocycles. The molecule has 2 heterocycles. The van der Waals surface area contributed by atoms with Gasteiger partial charge in [0.2, 0.25) is 0 Å². The highest BCUT2D eigenvalue weighted by Gasteiger charge is 2.23. The summed E-state index contributed by atoms with van der Waals surface area (Å²) in [4.78, 5) is 13.2. The van der Waals surface area contributed by atoms with E-state index in [9.17, 15) is 0 Å². The SMILES string of the molecule is Cc1ccncc1-c1nc(N)c(I)c(C(C)(C)C)n1. The van der Waals surface area contributed by atoms with Crippen LogP contribution in [0.3, 0.4) is 0 Å². The molecule has 4 nitrogen and oxygen atoms in total. The Kier molecular flexibility index (Phi) is 3.75. The second-order valence-electron chi connectivity index (χ2n) is 5.54. The van der Waals surface area contributed by atoms with Crippen molar-refractivity contribution in [2.45, 2.75) is 33.1 Å². The summed E-state index contributed by atoms with van der Waals surface area (Å²) < 4.78 is 0.926. The largest absolute Gasteiger partial charge is 0.383 e. The number of nitrogen functional groups attached to an aromatic ring is 1. The van der Waals surface area contributed by atoms with Gasteiger partial charge in [-0.15, -0.1) is 0 Å². The Bertz CT molecular complexity index is 617. The van der Waals surface area contributed by atoms with Crippen molar-refractivity contribution in [1.29, 1.82) is 0 Å². The standard InChI is InChI=1S/C14H17IN4/c1-8-5-6-17-7-9(8)13-18-11(14(2,3)4)10(15)12(16)19-13/h5-7H,1-4H3,(H2,16,18,19). The first-order valence-electron chi connectivity index (χ1n) is 6.05. The molecule has 5 heteroatoms. The Labute approximate surface area is 127 Å². The molecule has 0 fully saturated rings. The molecule has 0 amide bonds. The molecule has 0 saturated heterocycles. The summed E-state index contributed by atoms with van der Waals surface area (Å²) in [6.45, 7) is 8.38. The lowest BCUT2D eigenvalue weighted by Crippen LogP contribution is -2.18. The molecule has 0 aliphatic heterocycles. The highest BCUT2D eigenvalue weighted by atomic mass is 127. The molecule has 0 saturated carbocycles. The Hall–Kier alpha value is -1.24. The van der Waals surface area contributed by atoms with E-state index in [4.69, 9.17) is 10.7 Å². The fourth-order valence-corrected chi connectivity index (χ4v) is 2.83.